The van der Waals surface area contributed by atoms with Crippen molar-refractivity contribution in [2.45, 2.75) is 19.9 Å². The van der Waals surface area contributed by atoms with E-state index in [4.69, 9.17) is 9.52 Å². The van der Waals surface area contributed by atoms with Crippen LogP contribution < -0.4 is 10.9 Å². The molecule has 0 aliphatic carbocycles. The van der Waals surface area contributed by atoms with E-state index in [1.54, 1.807) is 13.0 Å². The fourth-order valence-electron chi connectivity index (χ4n) is 2.01. The molecule has 7 heteroatoms. The van der Waals surface area contributed by atoms with Crippen molar-refractivity contribution in [3.63, 3.8) is 0 Å². The second kappa shape index (κ2) is 7.10. The van der Waals surface area contributed by atoms with E-state index in [0.29, 0.717) is 11.1 Å². The van der Waals surface area contributed by atoms with E-state index in [1.165, 1.54) is 12.1 Å². The van der Waals surface area contributed by atoms with Crippen LogP contribution in [0.5, 0.6) is 5.75 Å². The maximum absolute atomic E-state index is 11.4. The van der Waals surface area contributed by atoms with Gasteiger partial charge in [0.2, 0.25) is 0 Å². The van der Waals surface area contributed by atoms with Crippen molar-refractivity contribution >= 4 is 29.3 Å². The molecule has 1 heterocycles. The average molecular weight is 314 g/mol. The highest BCUT2D eigenvalue weighted by atomic mass is 35.5. The molecule has 0 radical (unpaired) electrons. The summed E-state index contributed by atoms with van der Waals surface area (Å²) in [6.07, 6.45) is -0.0193. The molecule has 0 unspecified atom stereocenters. The Kier molecular flexibility index (Phi) is 5.75. The van der Waals surface area contributed by atoms with Crippen LogP contribution in [-0.4, -0.2) is 22.7 Å². The van der Waals surface area contributed by atoms with Crippen LogP contribution in [0, 0.1) is 6.92 Å². The zero-order valence-electron chi connectivity index (χ0n) is 11.4. The first-order valence-corrected chi connectivity index (χ1v) is 6.17. The van der Waals surface area contributed by atoms with Gasteiger partial charge >= 0.3 is 11.6 Å². The van der Waals surface area contributed by atoms with Crippen LogP contribution in [0.3, 0.4) is 0 Å². The van der Waals surface area contributed by atoms with E-state index in [1.807, 2.05) is 0 Å². The maximum Gasteiger partial charge on any atom is 0.336 e. The molecular weight excluding hydrogens is 298 g/mol. The summed E-state index contributed by atoms with van der Waals surface area (Å²) in [6.45, 7) is 2.28. The van der Waals surface area contributed by atoms with E-state index in [-0.39, 0.29) is 37.7 Å². The topological polar surface area (TPSA) is 99.8 Å². The molecule has 1 aromatic heterocycles. The number of nitrogens with one attached hydrogen (secondary N) is 1. The number of benzene rings is 1. The number of carboxylic acids is 1. The Balaban J connectivity index is 0.00000220. The normalized spacial score (nSPS) is 10.3. The number of fused-ring (bicyclic) bond motifs is 1. The van der Waals surface area contributed by atoms with Crippen molar-refractivity contribution in [2.75, 3.05) is 6.54 Å². The Labute approximate surface area is 126 Å². The number of aryl methyl sites for hydroxylation is 1. The number of phenols is 1. The van der Waals surface area contributed by atoms with Crippen molar-refractivity contribution in [2.24, 2.45) is 0 Å². The number of aliphatic carboxylic acids is 1. The van der Waals surface area contributed by atoms with Crippen LogP contribution in [-0.2, 0) is 11.3 Å². The van der Waals surface area contributed by atoms with Crippen LogP contribution in [0.4, 0.5) is 0 Å². The lowest BCUT2D eigenvalue weighted by Crippen LogP contribution is -2.18. The van der Waals surface area contributed by atoms with E-state index >= 15 is 0 Å². The maximum atomic E-state index is 11.4. The number of hydrogen-bond donors (Lipinski definition) is 3. The quantitative estimate of drug-likeness (QED) is 0.575. The summed E-state index contributed by atoms with van der Waals surface area (Å²) in [5.74, 6) is -0.893. The molecule has 0 amide bonds. The average Bonchev–Trinajstić information content (AvgIpc) is 2.36. The van der Waals surface area contributed by atoms with Crippen molar-refractivity contribution in [1.29, 1.82) is 0 Å². The van der Waals surface area contributed by atoms with E-state index in [9.17, 15) is 14.7 Å². The minimum atomic E-state index is -0.901. The largest absolute Gasteiger partial charge is 0.507 e. The van der Waals surface area contributed by atoms with Gasteiger partial charge < -0.3 is 19.9 Å². The van der Waals surface area contributed by atoms with Gasteiger partial charge in [0.05, 0.1) is 12.0 Å². The summed E-state index contributed by atoms with van der Waals surface area (Å²) in [5.41, 5.74) is 1.07. The summed E-state index contributed by atoms with van der Waals surface area (Å²) in [7, 11) is 0. The zero-order chi connectivity index (χ0) is 14.7. The SMILES string of the molecule is Cc1cc(=O)oc2c(CNCCC(=O)O)c(O)ccc12.Cl. The van der Waals surface area contributed by atoms with Gasteiger partial charge in [0.25, 0.3) is 0 Å². The fraction of sp³-hybridized carbons (Fsp3) is 0.286. The Morgan fingerprint density at radius 1 is 1.38 bits per heavy atom. The molecule has 2 aromatic rings. The van der Waals surface area contributed by atoms with Gasteiger partial charge in [0.1, 0.15) is 11.3 Å². The molecule has 0 saturated heterocycles. The number of halogens is 1. The monoisotopic (exact) mass is 313 g/mol. The van der Waals surface area contributed by atoms with Crippen molar-refractivity contribution in [1.82, 2.24) is 5.32 Å². The van der Waals surface area contributed by atoms with Crippen LogP contribution in [0.15, 0.2) is 27.4 Å². The van der Waals surface area contributed by atoms with Crippen LogP contribution in [0.2, 0.25) is 0 Å². The molecular formula is C14H16ClNO5. The molecule has 0 atom stereocenters. The lowest BCUT2D eigenvalue weighted by Gasteiger charge is -2.09. The first-order chi connectivity index (χ1) is 9.49. The minimum absolute atomic E-state index is 0. The highest BCUT2D eigenvalue weighted by Crippen LogP contribution is 2.27. The number of hydrogen-bond acceptors (Lipinski definition) is 5. The van der Waals surface area contributed by atoms with Crippen LogP contribution in [0.1, 0.15) is 17.5 Å². The smallest absolute Gasteiger partial charge is 0.336 e. The third-order valence-corrected chi connectivity index (χ3v) is 3.02. The third kappa shape index (κ3) is 3.96. The second-order valence-electron chi connectivity index (χ2n) is 4.51. The van der Waals surface area contributed by atoms with Crippen molar-refractivity contribution in [3.05, 3.63) is 39.7 Å². The van der Waals surface area contributed by atoms with Gasteiger partial charge in [-0.05, 0) is 24.6 Å². The highest BCUT2D eigenvalue weighted by Gasteiger charge is 2.12. The Hall–Kier alpha value is -2.05. The second-order valence-corrected chi connectivity index (χ2v) is 4.51. The van der Waals surface area contributed by atoms with E-state index in [2.05, 4.69) is 5.32 Å². The molecule has 1 aromatic carbocycles. The molecule has 0 fully saturated rings. The standard InChI is InChI=1S/C14H15NO5.ClH/c1-8-6-13(19)20-14-9(8)2-3-11(16)10(14)7-15-5-4-12(17)18;/h2-3,6,15-16H,4-5,7H2,1H3,(H,17,18);1H. The summed E-state index contributed by atoms with van der Waals surface area (Å²) in [5, 5.41) is 22.1. The Bertz CT molecular complexity index is 710. The van der Waals surface area contributed by atoms with Gasteiger partial charge in [-0.15, -0.1) is 12.4 Å². The Morgan fingerprint density at radius 2 is 2.10 bits per heavy atom. The predicted molar refractivity (Wildman–Crippen MR) is 80.1 cm³/mol. The van der Waals surface area contributed by atoms with E-state index in [0.717, 1.165) is 10.9 Å². The highest BCUT2D eigenvalue weighted by molar-refractivity contribution is 5.85. The van der Waals surface area contributed by atoms with Crippen LogP contribution in [0.25, 0.3) is 11.0 Å². The number of phenolic OH excluding ortho intramolecular Hbond substituents is 1. The number of carbonyl (C=O) groups is 1. The van der Waals surface area contributed by atoms with Gasteiger partial charge in [-0.2, -0.15) is 0 Å². The minimum Gasteiger partial charge on any atom is -0.507 e. The van der Waals surface area contributed by atoms with Crippen molar-refractivity contribution < 1.29 is 19.4 Å². The lowest BCUT2D eigenvalue weighted by atomic mass is 10.1. The first-order valence-electron chi connectivity index (χ1n) is 6.17. The summed E-state index contributed by atoms with van der Waals surface area (Å²) in [4.78, 5) is 21.9. The van der Waals surface area contributed by atoms with Gasteiger partial charge in [0.15, 0.2) is 0 Å². The lowest BCUT2D eigenvalue weighted by molar-refractivity contribution is -0.136. The third-order valence-electron chi connectivity index (χ3n) is 3.02. The van der Waals surface area contributed by atoms with Gasteiger partial charge in [0, 0.05) is 24.5 Å². The Morgan fingerprint density at radius 3 is 2.76 bits per heavy atom. The van der Waals surface area contributed by atoms with E-state index < -0.39 is 11.6 Å². The predicted octanol–water partition coefficient (Wildman–Crippen LogP) is 1.79. The van der Waals surface area contributed by atoms with Crippen LogP contribution >= 0.6 is 12.4 Å². The molecule has 114 valence electrons. The summed E-state index contributed by atoms with van der Waals surface area (Å²) in [6, 6.07) is 4.61. The molecule has 0 saturated carbocycles. The summed E-state index contributed by atoms with van der Waals surface area (Å²) < 4.78 is 5.16. The molecule has 21 heavy (non-hydrogen) atoms. The zero-order valence-corrected chi connectivity index (χ0v) is 12.2. The van der Waals surface area contributed by atoms with Crippen molar-refractivity contribution in [3.8, 4) is 5.75 Å². The molecule has 0 aliphatic heterocycles. The fourth-order valence-corrected chi connectivity index (χ4v) is 2.01. The first kappa shape index (κ1) is 17.0. The molecule has 3 N–H and O–H groups in total. The molecule has 6 nitrogen and oxygen atoms in total. The number of aromatic hydroxyl groups is 1. The number of rotatable bonds is 5. The molecule has 0 bridgehead atoms. The molecule has 0 spiro atoms. The number of carboxylic acid groups (broad SMARTS) is 1. The molecule has 2 rings (SSSR count). The summed E-state index contributed by atoms with van der Waals surface area (Å²) >= 11 is 0. The van der Waals surface area contributed by atoms with Gasteiger partial charge in [-0.25, -0.2) is 4.79 Å². The van der Waals surface area contributed by atoms with Gasteiger partial charge in [-0.1, -0.05) is 0 Å². The van der Waals surface area contributed by atoms with Gasteiger partial charge in [-0.3, -0.25) is 4.79 Å². The molecule has 0 aliphatic rings.